The van der Waals surface area contributed by atoms with Gasteiger partial charge in [0.1, 0.15) is 5.60 Å². The molecule has 106 valence electrons. The van der Waals surface area contributed by atoms with E-state index in [0.717, 1.165) is 5.56 Å². The number of benzene rings is 1. The molecular weight excluding hydrogens is 244 g/mol. The van der Waals surface area contributed by atoms with E-state index in [1.54, 1.807) is 32.9 Å². The van der Waals surface area contributed by atoms with E-state index in [-0.39, 0.29) is 12.6 Å². The van der Waals surface area contributed by atoms with E-state index in [2.05, 4.69) is 5.32 Å². The van der Waals surface area contributed by atoms with Crippen molar-refractivity contribution in [3.05, 3.63) is 29.8 Å². The Hall–Kier alpha value is -1.75. The van der Waals surface area contributed by atoms with Gasteiger partial charge in [-0.1, -0.05) is 12.1 Å². The lowest BCUT2D eigenvalue weighted by atomic mass is 10.0. The number of aliphatic hydroxyl groups is 1. The number of nitrogen functional groups attached to an aromatic ring is 1. The van der Waals surface area contributed by atoms with Crippen LogP contribution in [-0.2, 0) is 4.74 Å². The van der Waals surface area contributed by atoms with Gasteiger partial charge in [-0.2, -0.15) is 0 Å². The molecule has 0 saturated heterocycles. The number of carbonyl (C=O) groups is 1. The second-order valence-electron chi connectivity index (χ2n) is 5.38. The quantitative estimate of drug-likeness (QED) is 0.729. The van der Waals surface area contributed by atoms with Gasteiger partial charge >= 0.3 is 6.09 Å². The van der Waals surface area contributed by atoms with E-state index < -0.39 is 11.7 Å². The molecule has 1 atom stereocenters. The van der Waals surface area contributed by atoms with Gasteiger partial charge in [0.2, 0.25) is 0 Å². The first-order chi connectivity index (χ1) is 8.81. The van der Waals surface area contributed by atoms with E-state index in [9.17, 15) is 4.79 Å². The van der Waals surface area contributed by atoms with E-state index in [0.29, 0.717) is 12.1 Å². The van der Waals surface area contributed by atoms with Gasteiger partial charge in [-0.3, -0.25) is 0 Å². The predicted octanol–water partition coefficient (Wildman–Crippen LogP) is 2.22. The maximum atomic E-state index is 11.7. The molecule has 5 nitrogen and oxygen atoms in total. The van der Waals surface area contributed by atoms with Crippen LogP contribution in [0.5, 0.6) is 0 Å². The fraction of sp³-hybridized carbons (Fsp3) is 0.500. The number of hydrogen-bond acceptors (Lipinski definition) is 4. The molecule has 0 spiro atoms. The molecule has 0 aliphatic heterocycles. The van der Waals surface area contributed by atoms with Crippen molar-refractivity contribution in [1.82, 2.24) is 5.32 Å². The van der Waals surface area contributed by atoms with Crippen molar-refractivity contribution in [2.75, 3.05) is 12.3 Å². The molecule has 0 fully saturated rings. The highest BCUT2D eigenvalue weighted by Crippen LogP contribution is 2.19. The lowest BCUT2D eigenvalue weighted by molar-refractivity contribution is 0.0496. The summed E-state index contributed by atoms with van der Waals surface area (Å²) in [6.45, 7) is 5.38. The Balaban J connectivity index is 2.73. The van der Waals surface area contributed by atoms with Crippen LogP contribution in [0.4, 0.5) is 10.5 Å². The highest BCUT2D eigenvalue weighted by molar-refractivity contribution is 5.68. The molecular formula is C14H22N2O3. The number of alkyl carbamates (subject to hydrolysis) is 1. The molecule has 1 amide bonds. The van der Waals surface area contributed by atoms with Gasteiger partial charge in [0.05, 0.1) is 6.04 Å². The highest BCUT2D eigenvalue weighted by Gasteiger charge is 2.20. The standard InChI is InChI=1S/C14H22N2O3/c1-14(2,3)19-13(18)16-12(8-9-17)10-4-6-11(15)7-5-10/h4-7,12,17H,8-9,15H2,1-3H3,(H,16,18). The van der Waals surface area contributed by atoms with Gasteiger partial charge in [0.15, 0.2) is 0 Å². The SMILES string of the molecule is CC(C)(C)OC(=O)NC(CCO)c1ccc(N)cc1. The zero-order valence-electron chi connectivity index (χ0n) is 11.6. The Morgan fingerprint density at radius 1 is 1.37 bits per heavy atom. The smallest absolute Gasteiger partial charge is 0.408 e. The third-order valence-electron chi connectivity index (χ3n) is 2.45. The van der Waals surface area contributed by atoms with Crippen molar-refractivity contribution in [3.8, 4) is 0 Å². The summed E-state index contributed by atoms with van der Waals surface area (Å²) < 4.78 is 5.20. The molecule has 19 heavy (non-hydrogen) atoms. The molecule has 0 bridgehead atoms. The molecule has 1 rings (SSSR count). The summed E-state index contributed by atoms with van der Waals surface area (Å²) in [4.78, 5) is 11.7. The minimum Gasteiger partial charge on any atom is -0.444 e. The number of nitrogens with two attached hydrogens (primary N) is 1. The average molecular weight is 266 g/mol. The van der Waals surface area contributed by atoms with Crippen LogP contribution in [-0.4, -0.2) is 23.4 Å². The van der Waals surface area contributed by atoms with Crippen molar-refractivity contribution in [3.63, 3.8) is 0 Å². The fourth-order valence-electron chi connectivity index (χ4n) is 1.63. The average Bonchev–Trinajstić information content (AvgIpc) is 2.27. The van der Waals surface area contributed by atoms with Crippen LogP contribution in [0.15, 0.2) is 24.3 Å². The summed E-state index contributed by atoms with van der Waals surface area (Å²) in [5.74, 6) is 0. The first-order valence-corrected chi connectivity index (χ1v) is 6.27. The summed E-state index contributed by atoms with van der Waals surface area (Å²) in [7, 11) is 0. The Morgan fingerprint density at radius 3 is 2.42 bits per heavy atom. The summed E-state index contributed by atoms with van der Waals surface area (Å²) in [5.41, 5.74) is 6.62. The molecule has 5 heteroatoms. The molecule has 0 radical (unpaired) electrons. The fourth-order valence-corrected chi connectivity index (χ4v) is 1.63. The number of carbonyl (C=O) groups excluding carboxylic acids is 1. The number of amides is 1. The van der Waals surface area contributed by atoms with E-state index in [1.807, 2.05) is 12.1 Å². The maximum Gasteiger partial charge on any atom is 0.408 e. The topological polar surface area (TPSA) is 84.6 Å². The normalized spacial score (nSPS) is 12.8. The Bertz CT molecular complexity index is 410. The molecule has 0 aliphatic carbocycles. The lowest BCUT2D eigenvalue weighted by Crippen LogP contribution is -2.35. The van der Waals surface area contributed by atoms with Crippen LogP contribution in [0, 0.1) is 0 Å². The van der Waals surface area contributed by atoms with Crippen molar-refractivity contribution in [2.24, 2.45) is 0 Å². The minimum atomic E-state index is -0.547. The van der Waals surface area contributed by atoms with Gasteiger partial charge in [0, 0.05) is 12.3 Å². The van der Waals surface area contributed by atoms with Crippen LogP contribution in [0.25, 0.3) is 0 Å². The largest absolute Gasteiger partial charge is 0.444 e. The second kappa shape index (κ2) is 6.43. The van der Waals surface area contributed by atoms with E-state index in [1.165, 1.54) is 0 Å². The number of nitrogens with one attached hydrogen (secondary N) is 1. The molecule has 4 N–H and O–H groups in total. The Kier molecular flexibility index (Phi) is 5.18. The molecule has 1 unspecified atom stereocenters. The van der Waals surface area contributed by atoms with Crippen molar-refractivity contribution >= 4 is 11.8 Å². The van der Waals surface area contributed by atoms with Crippen LogP contribution in [0.3, 0.4) is 0 Å². The predicted molar refractivity (Wildman–Crippen MR) is 74.7 cm³/mol. The van der Waals surface area contributed by atoms with Crippen molar-refractivity contribution < 1.29 is 14.6 Å². The van der Waals surface area contributed by atoms with Crippen molar-refractivity contribution in [2.45, 2.75) is 38.8 Å². The van der Waals surface area contributed by atoms with Crippen molar-refractivity contribution in [1.29, 1.82) is 0 Å². The van der Waals surface area contributed by atoms with Gasteiger partial charge in [-0.05, 0) is 44.9 Å². The molecule has 0 aromatic heterocycles. The molecule has 0 saturated carbocycles. The molecule has 0 aliphatic rings. The monoisotopic (exact) mass is 266 g/mol. The molecule has 1 aromatic rings. The number of anilines is 1. The van der Waals surface area contributed by atoms with Crippen LogP contribution < -0.4 is 11.1 Å². The third kappa shape index (κ3) is 5.61. The second-order valence-corrected chi connectivity index (χ2v) is 5.38. The van der Waals surface area contributed by atoms with Gasteiger partial charge in [0.25, 0.3) is 0 Å². The van der Waals surface area contributed by atoms with Crippen LogP contribution in [0.1, 0.15) is 38.8 Å². The number of aliphatic hydroxyl groups excluding tert-OH is 1. The zero-order valence-corrected chi connectivity index (χ0v) is 11.6. The summed E-state index contributed by atoms with van der Waals surface area (Å²) in [6.07, 6.45) is -0.0776. The summed E-state index contributed by atoms with van der Waals surface area (Å²) >= 11 is 0. The first kappa shape index (κ1) is 15.3. The molecule has 0 heterocycles. The van der Waals surface area contributed by atoms with Gasteiger partial charge in [-0.25, -0.2) is 4.79 Å². The van der Waals surface area contributed by atoms with Gasteiger partial charge < -0.3 is 20.9 Å². The van der Waals surface area contributed by atoms with E-state index >= 15 is 0 Å². The van der Waals surface area contributed by atoms with Crippen LogP contribution >= 0.6 is 0 Å². The third-order valence-corrected chi connectivity index (χ3v) is 2.45. The summed E-state index contributed by atoms with van der Waals surface area (Å²) in [6, 6.07) is 6.88. The Labute approximate surface area is 113 Å². The number of ether oxygens (including phenoxy) is 1. The van der Waals surface area contributed by atoms with Gasteiger partial charge in [-0.15, -0.1) is 0 Å². The zero-order chi connectivity index (χ0) is 14.5. The highest BCUT2D eigenvalue weighted by atomic mass is 16.6. The minimum absolute atomic E-state index is 0.0230. The maximum absolute atomic E-state index is 11.7. The number of hydrogen-bond donors (Lipinski definition) is 3. The first-order valence-electron chi connectivity index (χ1n) is 6.27. The Morgan fingerprint density at radius 2 is 1.95 bits per heavy atom. The summed E-state index contributed by atoms with van der Waals surface area (Å²) in [5, 5.41) is 11.8. The van der Waals surface area contributed by atoms with E-state index in [4.69, 9.17) is 15.6 Å². The molecule has 1 aromatic carbocycles. The lowest BCUT2D eigenvalue weighted by Gasteiger charge is -2.23. The van der Waals surface area contributed by atoms with Crippen LogP contribution in [0.2, 0.25) is 0 Å². The number of rotatable bonds is 4.